The molecule has 1 aromatic heterocycles. The molecule has 0 aliphatic heterocycles. The number of rotatable bonds is 4. The third-order valence-corrected chi connectivity index (χ3v) is 4.50. The molecule has 0 unspecified atom stereocenters. The summed E-state index contributed by atoms with van der Waals surface area (Å²) < 4.78 is 0.903. The molecule has 112 valence electrons. The zero-order chi connectivity index (χ0) is 15.7. The Balaban J connectivity index is 2.08. The van der Waals surface area contributed by atoms with Gasteiger partial charge in [-0.05, 0) is 24.3 Å². The van der Waals surface area contributed by atoms with Gasteiger partial charge < -0.3 is 10.2 Å². The Morgan fingerprint density at radius 1 is 1.14 bits per heavy atom. The first kappa shape index (κ1) is 14.3. The first-order valence-corrected chi connectivity index (χ1v) is 7.58. The Hall–Kier alpha value is -2.60. The van der Waals surface area contributed by atoms with Crippen molar-refractivity contribution in [3.8, 4) is 0 Å². The van der Waals surface area contributed by atoms with Crippen molar-refractivity contribution in [3.63, 3.8) is 0 Å². The van der Waals surface area contributed by atoms with Crippen molar-refractivity contribution in [3.05, 3.63) is 58.6 Å². The van der Waals surface area contributed by atoms with E-state index >= 15 is 0 Å². The third kappa shape index (κ3) is 2.60. The predicted octanol–water partition coefficient (Wildman–Crippen LogP) is 4.62. The van der Waals surface area contributed by atoms with Gasteiger partial charge in [0.2, 0.25) is 0 Å². The lowest BCUT2D eigenvalue weighted by Gasteiger charge is -2.14. The second-order valence-corrected chi connectivity index (χ2v) is 6.14. The first-order valence-electron chi connectivity index (χ1n) is 6.76. The van der Waals surface area contributed by atoms with Crippen LogP contribution in [0.25, 0.3) is 10.1 Å². The Morgan fingerprint density at radius 3 is 2.64 bits per heavy atom. The maximum absolute atomic E-state index is 11.3. The minimum atomic E-state index is -0.331. The predicted molar refractivity (Wildman–Crippen MR) is 92.5 cm³/mol. The second-order valence-electron chi connectivity index (χ2n) is 5.11. The molecule has 5 nitrogen and oxygen atoms in total. The van der Waals surface area contributed by atoms with Crippen LogP contribution in [0.15, 0.2) is 48.5 Å². The number of fused-ring (bicyclic) bond motifs is 1. The third-order valence-electron chi connectivity index (χ3n) is 3.37. The molecule has 0 radical (unpaired) electrons. The van der Waals surface area contributed by atoms with Crippen LogP contribution < -0.4 is 10.2 Å². The van der Waals surface area contributed by atoms with Crippen molar-refractivity contribution in [2.45, 2.75) is 0 Å². The highest BCUT2D eigenvalue weighted by Gasteiger charge is 2.21. The molecule has 0 bridgehead atoms. The summed E-state index contributed by atoms with van der Waals surface area (Å²) in [5.74, 6) is 0. The fourth-order valence-electron chi connectivity index (χ4n) is 2.29. The molecule has 0 aliphatic carbocycles. The largest absolute Gasteiger partial charge is 0.378 e. The van der Waals surface area contributed by atoms with Gasteiger partial charge in [0.15, 0.2) is 0 Å². The van der Waals surface area contributed by atoms with Gasteiger partial charge in [-0.15, -0.1) is 0 Å². The Bertz CT molecular complexity index is 842. The van der Waals surface area contributed by atoms with Crippen LogP contribution in [0.5, 0.6) is 0 Å². The van der Waals surface area contributed by atoms with Crippen LogP contribution in [-0.2, 0) is 0 Å². The van der Waals surface area contributed by atoms with Gasteiger partial charge >= 0.3 is 5.00 Å². The normalized spacial score (nSPS) is 10.6. The van der Waals surface area contributed by atoms with Crippen LogP contribution in [0.3, 0.4) is 0 Å². The van der Waals surface area contributed by atoms with Gasteiger partial charge in [-0.1, -0.05) is 35.6 Å². The molecule has 1 heterocycles. The molecule has 6 heteroatoms. The highest BCUT2D eigenvalue weighted by Crippen LogP contribution is 2.43. The van der Waals surface area contributed by atoms with E-state index in [0.717, 1.165) is 21.5 Å². The fourth-order valence-corrected chi connectivity index (χ4v) is 3.26. The van der Waals surface area contributed by atoms with E-state index in [-0.39, 0.29) is 9.92 Å². The average Bonchev–Trinajstić information content (AvgIpc) is 2.87. The van der Waals surface area contributed by atoms with E-state index in [9.17, 15) is 10.1 Å². The molecule has 22 heavy (non-hydrogen) atoms. The maximum Gasteiger partial charge on any atom is 0.348 e. The minimum absolute atomic E-state index is 0.136. The van der Waals surface area contributed by atoms with E-state index in [1.54, 1.807) is 0 Å². The lowest BCUT2D eigenvalue weighted by Crippen LogP contribution is -2.08. The SMILES string of the molecule is CN(C)c1cccc(Nc2c([N+](=O)[O-])sc3ccccc23)c1. The topological polar surface area (TPSA) is 58.4 Å². The molecular weight excluding hydrogens is 298 g/mol. The summed E-state index contributed by atoms with van der Waals surface area (Å²) in [5, 5.41) is 15.5. The van der Waals surface area contributed by atoms with Gasteiger partial charge in [-0.25, -0.2) is 0 Å². The van der Waals surface area contributed by atoms with Gasteiger partial charge in [0.05, 0.1) is 4.92 Å². The number of nitro groups is 1. The van der Waals surface area contributed by atoms with Crippen molar-refractivity contribution < 1.29 is 4.92 Å². The first-order chi connectivity index (χ1) is 10.6. The monoisotopic (exact) mass is 313 g/mol. The Labute approximate surface area is 132 Å². The van der Waals surface area contributed by atoms with E-state index in [1.807, 2.05) is 67.5 Å². The standard InChI is InChI=1S/C16H15N3O2S/c1-18(2)12-7-5-6-11(10-12)17-15-13-8-3-4-9-14(13)22-16(15)19(20)21/h3-10,17H,1-2H3. The molecule has 0 saturated heterocycles. The van der Waals surface area contributed by atoms with Crippen molar-refractivity contribution >= 4 is 43.5 Å². The van der Waals surface area contributed by atoms with Crippen molar-refractivity contribution in [1.82, 2.24) is 0 Å². The lowest BCUT2D eigenvalue weighted by molar-refractivity contribution is -0.379. The van der Waals surface area contributed by atoms with E-state index in [1.165, 1.54) is 11.3 Å². The van der Waals surface area contributed by atoms with Crippen LogP contribution in [0, 0.1) is 10.1 Å². The van der Waals surface area contributed by atoms with E-state index < -0.39 is 0 Å². The smallest absolute Gasteiger partial charge is 0.348 e. The summed E-state index contributed by atoms with van der Waals surface area (Å²) in [6.45, 7) is 0. The fraction of sp³-hybridized carbons (Fsp3) is 0.125. The molecule has 0 amide bonds. The zero-order valence-electron chi connectivity index (χ0n) is 12.2. The van der Waals surface area contributed by atoms with Crippen LogP contribution in [0.4, 0.5) is 22.1 Å². The van der Waals surface area contributed by atoms with Gasteiger partial charge in [0.1, 0.15) is 5.69 Å². The van der Waals surface area contributed by atoms with Gasteiger partial charge in [0.25, 0.3) is 0 Å². The van der Waals surface area contributed by atoms with Crippen LogP contribution in [0.2, 0.25) is 0 Å². The quantitative estimate of drug-likeness (QED) is 0.564. The molecule has 0 saturated carbocycles. The maximum atomic E-state index is 11.3. The molecular formula is C16H15N3O2S. The number of benzene rings is 2. The molecule has 0 fully saturated rings. The van der Waals surface area contributed by atoms with E-state index in [4.69, 9.17) is 0 Å². The molecule has 2 aromatic carbocycles. The Kier molecular flexibility index (Phi) is 3.68. The Morgan fingerprint density at radius 2 is 1.91 bits per heavy atom. The van der Waals surface area contributed by atoms with Crippen molar-refractivity contribution in [2.24, 2.45) is 0 Å². The number of nitrogens with one attached hydrogen (secondary N) is 1. The summed E-state index contributed by atoms with van der Waals surface area (Å²) in [4.78, 5) is 13.0. The molecule has 1 N–H and O–H groups in total. The van der Waals surface area contributed by atoms with E-state index in [2.05, 4.69) is 5.32 Å². The van der Waals surface area contributed by atoms with Gasteiger partial charge in [-0.3, -0.25) is 10.1 Å². The van der Waals surface area contributed by atoms with Gasteiger partial charge in [-0.2, -0.15) is 0 Å². The lowest BCUT2D eigenvalue weighted by atomic mass is 10.2. The number of nitrogens with zero attached hydrogens (tertiary/aromatic N) is 2. The zero-order valence-corrected chi connectivity index (χ0v) is 13.1. The summed E-state index contributed by atoms with van der Waals surface area (Å²) in [6, 6.07) is 15.4. The number of hydrogen-bond acceptors (Lipinski definition) is 5. The number of hydrogen-bond donors (Lipinski definition) is 1. The summed E-state index contributed by atoms with van der Waals surface area (Å²) >= 11 is 1.19. The van der Waals surface area contributed by atoms with Gasteiger partial charge in [0, 0.05) is 35.6 Å². The van der Waals surface area contributed by atoms with Crippen molar-refractivity contribution in [2.75, 3.05) is 24.3 Å². The molecule has 0 spiro atoms. The summed E-state index contributed by atoms with van der Waals surface area (Å²) in [5.41, 5.74) is 2.42. The van der Waals surface area contributed by atoms with E-state index in [0.29, 0.717) is 5.69 Å². The second kappa shape index (κ2) is 5.65. The van der Waals surface area contributed by atoms with Crippen LogP contribution in [0.1, 0.15) is 0 Å². The highest BCUT2D eigenvalue weighted by atomic mass is 32.1. The van der Waals surface area contributed by atoms with Crippen molar-refractivity contribution in [1.29, 1.82) is 0 Å². The highest BCUT2D eigenvalue weighted by molar-refractivity contribution is 7.23. The molecule has 0 atom stereocenters. The van der Waals surface area contributed by atoms with Crippen LogP contribution >= 0.6 is 11.3 Å². The minimum Gasteiger partial charge on any atom is -0.378 e. The number of anilines is 3. The number of thiophene rings is 1. The molecule has 3 aromatic rings. The summed E-state index contributed by atoms with van der Waals surface area (Å²) in [7, 11) is 3.92. The van der Waals surface area contributed by atoms with Crippen LogP contribution in [-0.4, -0.2) is 19.0 Å². The molecule has 3 rings (SSSR count). The average molecular weight is 313 g/mol. The summed E-state index contributed by atoms with van der Waals surface area (Å²) in [6.07, 6.45) is 0. The molecule has 0 aliphatic rings.